The van der Waals surface area contributed by atoms with Crippen molar-refractivity contribution in [2.24, 2.45) is 0 Å². The van der Waals surface area contributed by atoms with Crippen molar-refractivity contribution in [1.29, 1.82) is 0 Å². The van der Waals surface area contributed by atoms with Crippen LogP contribution in [0.4, 0.5) is 5.69 Å². The Hall–Kier alpha value is -3.91. The molecule has 2 aromatic heterocycles. The Morgan fingerprint density at radius 2 is 1.83 bits per heavy atom. The van der Waals surface area contributed by atoms with Gasteiger partial charge in [0.05, 0.1) is 32.0 Å². The zero-order chi connectivity index (χ0) is 24.7. The fourth-order valence-electron chi connectivity index (χ4n) is 4.74. The van der Waals surface area contributed by atoms with Crippen molar-refractivity contribution in [1.82, 2.24) is 14.9 Å². The van der Waals surface area contributed by atoms with Crippen LogP contribution >= 0.6 is 0 Å². The van der Waals surface area contributed by atoms with Gasteiger partial charge >= 0.3 is 0 Å². The van der Waals surface area contributed by atoms with Gasteiger partial charge in [0.15, 0.2) is 0 Å². The van der Waals surface area contributed by atoms with E-state index in [1.54, 1.807) is 22.8 Å². The van der Waals surface area contributed by atoms with E-state index in [9.17, 15) is 9.90 Å². The largest absolute Gasteiger partial charge is 0.496 e. The number of hydrogen-bond acceptors (Lipinski definition) is 6. The van der Waals surface area contributed by atoms with Gasteiger partial charge in [0.1, 0.15) is 23.4 Å². The van der Waals surface area contributed by atoms with Crippen molar-refractivity contribution in [3.63, 3.8) is 0 Å². The zero-order valence-corrected chi connectivity index (χ0v) is 20.2. The number of ether oxygens (including phenoxy) is 1. The average Bonchev–Trinajstić information content (AvgIpc) is 3.57. The maximum Gasteiger partial charge on any atom is 0.277 e. The van der Waals surface area contributed by atoms with Crippen LogP contribution in [0.5, 0.6) is 5.75 Å². The normalized spacial score (nSPS) is 15.5. The van der Waals surface area contributed by atoms with Gasteiger partial charge in [-0.05, 0) is 18.2 Å². The van der Waals surface area contributed by atoms with E-state index in [1.807, 2.05) is 48.5 Å². The lowest BCUT2D eigenvalue weighted by molar-refractivity contribution is 0.0982. The first-order valence-corrected chi connectivity index (χ1v) is 11.5. The van der Waals surface area contributed by atoms with Gasteiger partial charge in [0, 0.05) is 33.9 Å². The minimum Gasteiger partial charge on any atom is -0.496 e. The van der Waals surface area contributed by atoms with Crippen LogP contribution in [0.15, 0.2) is 65.4 Å². The number of aliphatic hydroxyl groups is 1. The summed E-state index contributed by atoms with van der Waals surface area (Å²) in [5.74, 6) is 0.527. The number of methoxy groups -OCH3 is 1. The third kappa shape index (κ3) is 3.80. The predicted octanol–water partition coefficient (Wildman–Crippen LogP) is 4.59. The van der Waals surface area contributed by atoms with Crippen molar-refractivity contribution in [3.8, 4) is 17.0 Å². The minimum atomic E-state index is -0.437. The number of hydrogen-bond donors (Lipinski definition) is 1. The molecular formula is C27H28N4O4. The molecule has 8 nitrogen and oxygen atoms in total. The van der Waals surface area contributed by atoms with Crippen molar-refractivity contribution < 1.29 is 19.2 Å². The number of aromatic nitrogens is 3. The fourth-order valence-corrected chi connectivity index (χ4v) is 4.74. The van der Waals surface area contributed by atoms with Gasteiger partial charge in [-0.1, -0.05) is 56.3 Å². The molecule has 35 heavy (non-hydrogen) atoms. The maximum atomic E-state index is 14.0. The lowest BCUT2D eigenvalue weighted by Gasteiger charge is -2.29. The summed E-state index contributed by atoms with van der Waals surface area (Å²) in [6.45, 7) is 6.37. The fraction of sp³-hybridized carbons (Fsp3) is 0.296. The highest BCUT2D eigenvalue weighted by molar-refractivity contribution is 6.11. The van der Waals surface area contributed by atoms with Crippen LogP contribution in [0.1, 0.15) is 54.1 Å². The Bertz CT molecular complexity index is 1350. The first-order valence-electron chi connectivity index (χ1n) is 11.5. The molecule has 1 unspecified atom stereocenters. The lowest BCUT2D eigenvalue weighted by Crippen LogP contribution is -2.31. The molecule has 5 rings (SSSR count). The van der Waals surface area contributed by atoms with E-state index in [1.165, 1.54) is 6.26 Å². The summed E-state index contributed by atoms with van der Waals surface area (Å²) in [7, 11) is 1.63. The minimum absolute atomic E-state index is 0.114. The third-order valence-electron chi connectivity index (χ3n) is 6.28. The van der Waals surface area contributed by atoms with Gasteiger partial charge in [0.25, 0.3) is 5.91 Å². The first-order chi connectivity index (χ1) is 16.8. The summed E-state index contributed by atoms with van der Waals surface area (Å²) in [6.07, 6.45) is 1.53. The molecule has 180 valence electrons. The highest BCUT2D eigenvalue weighted by Crippen LogP contribution is 2.48. The Labute approximate surface area is 203 Å². The summed E-state index contributed by atoms with van der Waals surface area (Å²) in [5, 5.41) is 18.5. The molecule has 0 bridgehead atoms. The Morgan fingerprint density at radius 3 is 2.46 bits per heavy atom. The van der Waals surface area contributed by atoms with Gasteiger partial charge in [-0.2, -0.15) is 5.10 Å². The molecule has 0 fully saturated rings. The van der Waals surface area contributed by atoms with E-state index in [0.29, 0.717) is 11.4 Å². The van der Waals surface area contributed by atoms with Crippen LogP contribution in [-0.4, -0.2) is 39.7 Å². The zero-order valence-electron chi connectivity index (χ0n) is 20.2. The number of nitrogens with zero attached hydrogens (tertiary/aromatic N) is 4. The number of para-hydroxylation sites is 1. The van der Waals surface area contributed by atoms with Crippen LogP contribution in [-0.2, 0) is 12.0 Å². The number of anilines is 1. The molecule has 3 heterocycles. The summed E-state index contributed by atoms with van der Waals surface area (Å²) in [5.41, 5.74) is 5.08. The Kier molecular flexibility index (Phi) is 5.68. The third-order valence-corrected chi connectivity index (χ3v) is 6.28. The maximum absolute atomic E-state index is 14.0. The SMILES string of the molecule is COc1ccccc1C1c2c(C(C)(C)C)nn(CCO)c2C(=O)N1c1ccc(-c2ccon2)cc1. The van der Waals surface area contributed by atoms with E-state index in [0.717, 1.165) is 33.8 Å². The van der Waals surface area contributed by atoms with Crippen molar-refractivity contribution in [3.05, 3.63) is 83.4 Å². The summed E-state index contributed by atoms with van der Waals surface area (Å²) >= 11 is 0. The first kappa shape index (κ1) is 22.9. The highest BCUT2D eigenvalue weighted by Gasteiger charge is 2.47. The smallest absolute Gasteiger partial charge is 0.277 e. The second-order valence-electron chi connectivity index (χ2n) is 9.56. The molecular weight excluding hydrogens is 444 g/mol. The molecule has 1 amide bonds. The van der Waals surface area contributed by atoms with Crippen LogP contribution in [0.3, 0.4) is 0 Å². The number of aliphatic hydroxyl groups excluding tert-OH is 1. The van der Waals surface area contributed by atoms with E-state index >= 15 is 0 Å². The van der Waals surface area contributed by atoms with Gasteiger partial charge in [-0.3, -0.25) is 14.4 Å². The molecule has 8 heteroatoms. The van der Waals surface area contributed by atoms with E-state index in [4.69, 9.17) is 14.4 Å². The number of carbonyl (C=O) groups excluding carboxylic acids is 1. The van der Waals surface area contributed by atoms with Crippen LogP contribution in [0, 0.1) is 0 Å². The van der Waals surface area contributed by atoms with Crippen molar-refractivity contribution in [2.45, 2.75) is 38.8 Å². The van der Waals surface area contributed by atoms with Gasteiger partial charge in [0.2, 0.25) is 0 Å². The molecule has 0 aliphatic carbocycles. The number of amides is 1. The molecule has 1 atom stereocenters. The molecule has 0 radical (unpaired) electrons. The van der Waals surface area contributed by atoms with E-state index < -0.39 is 6.04 Å². The van der Waals surface area contributed by atoms with Gasteiger partial charge in [-0.25, -0.2) is 0 Å². The van der Waals surface area contributed by atoms with Crippen LogP contribution in [0.25, 0.3) is 11.3 Å². The molecule has 0 saturated carbocycles. The molecule has 1 aliphatic rings. The molecule has 4 aromatic rings. The molecule has 1 N–H and O–H groups in total. The molecule has 2 aromatic carbocycles. The quantitative estimate of drug-likeness (QED) is 0.441. The van der Waals surface area contributed by atoms with Crippen molar-refractivity contribution in [2.75, 3.05) is 18.6 Å². The lowest BCUT2D eigenvalue weighted by atomic mass is 9.85. The summed E-state index contributed by atoms with van der Waals surface area (Å²) in [6, 6.07) is 16.8. The summed E-state index contributed by atoms with van der Waals surface area (Å²) < 4.78 is 12.3. The van der Waals surface area contributed by atoms with Crippen LogP contribution < -0.4 is 9.64 Å². The topological polar surface area (TPSA) is 93.6 Å². The van der Waals surface area contributed by atoms with Crippen LogP contribution in [0.2, 0.25) is 0 Å². The summed E-state index contributed by atoms with van der Waals surface area (Å²) in [4.78, 5) is 15.8. The highest BCUT2D eigenvalue weighted by atomic mass is 16.5. The molecule has 0 saturated heterocycles. The standard InChI is InChI=1S/C27H28N4O4/c1-27(2,3)25-22-23(19-7-5-6-8-21(19)34-4)31(26(33)24(22)30(28-25)14-15-32)18-11-9-17(10-12-18)20-13-16-35-29-20/h5-13,16,23,32H,14-15H2,1-4H3. The Balaban J connectivity index is 1.72. The molecule has 0 spiro atoms. The number of fused-ring (bicyclic) bond motifs is 1. The van der Waals surface area contributed by atoms with Crippen molar-refractivity contribution >= 4 is 11.6 Å². The van der Waals surface area contributed by atoms with Gasteiger partial charge < -0.3 is 14.4 Å². The number of benzene rings is 2. The second kappa shape index (κ2) is 8.70. The van der Waals surface area contributed by atoms with E-state index in [2.05, 4.69) is 25.9 Å². The van der Waals surface area contributed by atoms with Gasteiger partial charge in [-0.15, -0.1) is 0 Å². The number of rotatable bonds is 6. The Morgan fingerprint density at radius 1 is 1.09 bits per heavy atom. The van der Waals surface area contributed by atoms with E-state index in [-0.39, 0.29) is 24.5 Å². The second-order valence-corrected chi connectivity index (χ2v) is 9.56. The molecule has 1 aliphatic heterocycles. The predicted molar refractivity (Wildman–Crippen MR) is 132 cm³/mol. The number of carbonyl (C=O) groups is 1. The average molecular weight is 473 g/mol. The monoisotopic (exact) mass is 472 g/mol.